The van der Waals surface area contributed by atoms with E-state index < -0.39 is 11.9 Å². The van der Waals surface area contributed by atoms with Crippen molar-refractivity contribution in [2.75, 3.05) is 0 Å². The minimum atomic E-state index is -0.930. The summed E-state index contributed by atoms with van der Waals surface area (Å²) in [6.07, 6.45) is 0.0567. The Bertz CT molecular complexity index is 613. The summed E-state index contributed by atoms with van der Waals surface area (Å²) in [5.74, 6) is -1.66. The Morgan fingerprint density at radius 2 is 2.06 bits per heavy atom. The highest BCUT2D eigenvalue weighted by Crippen LogP contribution is 2.28. The van der Waals surface area contributed by atoms with Gasteiger partial charge in [-0.25, -0.2) is 0 Å². The number of ketones is 1. The van der Waals surface area contributed by atoms with Gasteiger partial charge in [0.05, 0.1) is 10.8 Å². The Hall–Kier alpha value is -1.68. The van der Waals surface area contributed by atoms with Crippen LogP contribution < -0.4 is 0 Å². The molecule has 1 heterocycles. The van der Waals surface area contributed by atoms with E-state index in [1.807, 2.05) is 31.2 Å². The third-order valence-corrected chi connectivity index (χ3v) is 4.00. The lowest BCUT2D eigenvalue weighted by Crippen LogP contribution is -2.13. The molecule has 4 heteroatoms. The number of carbonyl (C=O) groups excluding carboxylic acids is 1. The molecule has 0 aliphatic heterocycles. The van der Waals surface area contributed by atoms with Gasteiger partial charge in [-0.1, -0.05) is 19.1 Å². The molecule has 1 unspecified atom stereocenters. The van der Waals surface area contributed by atoms with Gasteiger partial charge in [-0.3, -0.25) is 9.59 Å². The van der Waals surface area contributed by atoms with Crippen molar-refractivity contribution in [2.45, 2.75) is 20.3 Å². The van der Waals surface area contributed by atoms with Gasteiger partial charge in [0.25, 0.3) is 0 Å². The summed E-state index contributed by atoms with van der Waals surface area (Å²) in [5, 5.41) is 9.84. The Kier molecular flexibility index (Phi) is 3.48. The van der Waals surface area contributed by atoms with Crippen LogP contribution in [0.4, 0.5) is 0 Å². The Morgan fingerprint density at radius 3 is 2.72 bits per heavy atom. The largest absolute Gasteiger partial charge is 0.481 e. The summed E-state index contributed by atoms with van der Waals surface area (Å²) < 4.78 is 1.07. The maximum absolute atomic E-state index is 12.0. The molecule has 1 atom stereocenters. The zero-order chi connectivity index (χ0) is 13.3. The van der Waals surface area contributed by atoms with Gasteiger partial charge in [0.15, 0.2) is 5.78 Å². The summed E-state index contributed by atoms with van der Waals surface area (Å²) >= 11 is 1.43. The molecule has 0 spiro atoms. The maximum Gasteiger partial charge on any atom is 0.306 e. The number of thiophene rings is 1. The number of hydrogen-bond acceptors (Lipinski definition) is 3. The van der Waals surface area contributed by atoms with Crippen LogP contribution in [0.5, 0.6) is 0 Å². The monoisotopic (exact) mass is 262 g/mol. The summed E-state index contributed by atoms with van der Waals surface area (Å²) in [5.41, 5.74) is 1.15. The van der Waals surface area contributed by atoms with Crippen molar-refractivity contribution < 1.29 is 14.7 Å². The molecule has 1 aromatic carbocycles. The number of Topliss-reactive ketones (excluding diaryl/α,β-unsaturated/α-hetero) is 1. The molecule has 0 saturated heterocycles. The Labute approximate surface area is 109 Å². The summed E-state index contributed by atoms with van der Waals surface area (Å²) in [6, 6.07) is 7.87. The quantitative estimate of drug-likeness (QED) is 0.858. The lowest BCUT2D eigenvalue weighted by atomic mass is 10.0. The van der Waals surface area contributed by atoms with Gasteiger partial charge in [-0.05, 0) is 30.0 Å². The maximum atomic E-state index is 12.0. The predicted molar refractivity (Wildman–Crippen MR) is 72.3 cm³/mol. The molecule has 0 radical (unpaired) electrons. The van der Waals surface area contributed by atoms with Crippen molar-refractivity contribution in [1.82, 2.24) is 0 Å². The van der Waals surface area contributed by atoms with Crippen molar-refractivity contribution in [3.05, 3.63) is 34.7 Å². The van der Waals surface area contributed by atoms with E-state index in [2.05, 4.69) is 0 Å². The number of benzene rings is 1. The lowest BCUT2D eigenvalue weighted by molar-refractivity contribution is -0.141. The lowest BCUT2D eigenvalue weighted by Gasteiger charge is -2.02. The fourth-order valence-electron chi connectivity index (χ4n) is 1.74. The average Bonchev–Trinajstić information content (AvgIpc) is 2.71. The van der Waals surface area contributed by atoms with E-state index in [4.69, 9.17) is 5.11 Å². The molecule has 0 aliphatic rings. The Morgan fingerprint density at radius 1 is 1.33 bits per heavy atom. The van der Waals surface area contributed by atoms with E-state index in [-0.39, 0.29) is 12.2 Å². The molecule has 0 saturated carbocycles. The topological polar surface area (TPSA) is 54.4 Å². The number of carboxylic acids is 1. The zero-order valence-corrected chi connectivity index (χ0v) is 11.1. The minimum absolute atomic E-state index is 0.0567. The van der Waals surface area contributed by atoms with Crippen molar-refractivity contribution in [3.63, 3.8) is 0 Å². The zero-order valence-electron chi connectivity index (χ0n) is 10.3. The first-order valence-corrected chi connectivity index (χ1v) is 6.55. The molecule has 2 rings (SSSR count). The fourth-order valence-corrected chi connectivity index (χ4v) is 2.85. The molecule has 0 bridgehead atoms. The third kappa shape index (κ3) is 2.59. The minimum Gasteiger partial charge on any atom is -0.481 e. The highest BCUT2D eigenvalue weighted by molar-refractivity contribution is 7.20. The summed E-state index contributed by atoms with van der Waals surface area (Å²) in [7, 11) is 0. The van der Waals surface area contributed by atoms with Crippen LogP contribution >= 0.6 is 11.3 Å². The van der Waals surface area contributed by atoms with Crippen molar-refractivity contribution in [2.24, 2.45) is 5.92 Å². The first kappa shape index (κ1) is 12.8. The van der Waals surface area contributed by atoms with Crippen LogP contribution in [0.1, 0.15) is 28.6 Å². The van der Waals surface area contributed by atoms with E-state index in [0.29, 0.717) is 4.88 Å². The van der Waals surface area contributed by atoms with Crippen molar-refractivity contribution in [1.29, 1.82) is 0 Å². The number of carboxylic acid groups (broad SMARTS) is 1. The van der Waals surface area contributed by atoms with Gasteiger partial charge in [-0.15, -0.1) is 11.3 Å². The van der Waals surface area contributed by atoms with Crippen LogP contribution in [0.15, 0.2) is 24.3 Å². The molecule has 1 N–H and O–H groups in total. The van der Waals surface area contributed by atoms with Gasteiger partial charge in [0, 0.05) is 11.1 Å². The smallest absolute Gasteiger partial charge is 0.306 e. The van der Waals surface area contributed by atoms with Crippen molar-refractivity contribution >= 4 is 33.2 Å². The van der Waals surface area contributed by atoms with Gasteiger partial charge >= 0.3 is 5.97 Å². The van der Waals surface area contributed by atoms with Crippen LogP contribution in [0.25, 0.3) is 10.1 Å². The summed E-state index contributed by atoms with van der Waals surface area (Å²) in [4.78, 5) is 23.3. The van der Waals surface area contributed by atoms with E-state index in [0.717, 1.165) is 15.6 Å². The molecular formula is C14H14O3S. The second kappa shape index (κ2) is 4.90. The second-order valence-electron chi connectivity index (χ2n) is 4.52. The summed E-state index contributed by atoms with van der Waals surface area (Å²) in [6.45, 7) is 3.56. The number of hydrogen-bond donors (Lipinski definition) is 1. The van der Waals surface area contributed by atoms with Crippen LogP contribution in [0, 0.1) is 12.8 Å². The van der Waals surface area contributed by atoms with Gasteiger partial charge < -0.3 is 5.11 Å². The van der Waals surface area contributed by atoms with Gasteiger partial charge in [0.2, 0.25) is 0 Å². The number of carbonyl (C=O) groups is 2. The molecule has 0 fully saturated rings. The van der Waals surface area contributed by atoms with E-state index in [9.17, 15) is 9.59 Å². The third-order valence-electron chi connectivity index (χ3n) is 2.86. The van der Waals surface area contributed by atoms with Crippen molar-refractivity contribution in [3.8, 4) is 0 Å². The molecule has 18 heavy (non-hydrogen) atoms. The standard InChI is InChI=1S/C14H14O3S/c1-8-3-4-10-7-13(18-12(10)5-8)11(15)6-9(2)14(16)17/h3-5,7,9H,6H2,1-2H3,(H,16,17). The fraction of sp³-hybridized carbons (Fsp3) is 0.286. The average molecular weight is 262 g/mol. The molecular weight excluding hydrogens is 248 g/mol. The van der Waals surface area contributed by atoms with Gasteiger partial charge in [0.1, 0.15) is 0 Å². The normalized spacial score (nSPS) is 12.6. The highest BCUT2D eigenvalue weighted by atomic mass is 32.1. The SMILES string of the molecule is Cc1ccc2cc(C(=O)CC(C)C(=O)O)sc2c1. The van der Waals surface area contributed by atoms with Gasteiger partial charge in [-0.2, -0.15) is 0 Å². The first-order valence-electron chi connectivity index (χ1n) is 5.73. The van der Waals surface area contributed by atoms with Crippen LogP contribution in [0.2, 0.25) is 0 Å². The van der Waals surface area contributed by atoms with E-state index >= 15 is 0 Å². The molecule has 2 aromatic rings. The predicted octanol–water partition coefficient (Wildman–Crippen LogP) is 3.50. The molecule has 3 nitrogen and oxygen atoms in total. The number of rotatable bonds is 4. The van der Waals surface area contributed by atoms with Crippen LogP contribution in [0.3, 0.4) is 0 Å². The molecule has 1 aromatic heterocycles. The first-order chi connectivity index (χ1) is 8.47. The van der Waals surface area contributed by atoms with Crippen LogP contribution in [-0.2, 0) is 4.79 Å². The highest BCUT2D eigenvalue weighted by Gasteiger charge is 2.18. The number of aliphatic carboxylic acids is 1. The number of aryl methyl sites for hydroxylation is 1. The molecule has 94 valence electrons. The van der Waals surface area contributed by atoms with E-state index in [1.165, 1.54) is 11.3 Å². The Balaban J connectivity index is 2.26. The molecule has 0 aliphatic carbocycles. The molecule has 0 amide bonds. The van der Waals surface area contributed by atoms with Crippen LogP contribution in [-0.4, -0.2) is 16.9 Å². The number of fused-ring (bicyclic) bond motifs is 1. The second-order valence-corrected chi connectivity index (χ2v) is 5.60. The van der Waals surface area contributed by atoms with E-state index in [1.54, 1.807) is 6.92 Å².